The Morgan fingerprint density at radius 1 is 1.43 bits per heavy atom. The van der Waals surface area contributed by atoms with Gasteiger partial charge in [-0.2, -0.15) is 0 Å². The Morgan fingerprint density at radius 2 is 1.79 bits per heavy atom. The van der Waals surface area contributed by atoms with E-state index in [0.717, 1.165) is 0 Å². The molecule has 0 aromatic carbocycles. The Balaban J connectivity index is -0.000000605. The van der Waals surface area contributed by atoms with Crippen LogP contribution in [0.15, 0.2) is 0 Å². The fraction of sp³-hybridized carbons (Fsp3) is 0.667. The molecule has 70 valence electrons. The topological polar surface area (TPSA) is 121 Å². The zero-order valence-electron chi connectivity index (χ0n) is 8.31. The van der Waals surface area contributed by atoms with E-state index in [-0.39, 0.29) is 80.9 Å². The first kappa shape index (κ1) is 20.9. The first-order valence-electron chi connectivity index (χ1n) is 3.19. The summed E-state index contributed by atoms with van der Waals surface area (Å²) in [4.78, 5) is 20.2. The second-order valence-electron chi connectivity index (χ2n) is 2.29. The van der Waals surface area contributed by atoms with Crippen LogP contribution >= 0.6 is 0 Å². The number of hydrogen-bond acceptors (Lipinski definition) is 6. The summed E-state index contributed by atoms with van der Waals surface area (Å²) < 4.78 is 0. The number of hydrogen-bond donors (Lipinski definition) is 2. The molecule has 0 bridgehead atoms. The van der Waals surface area contributed by atoms with Crippen molar-refractivity contribution in [3.8, 4) is 0 Å². The summed E-state index contributed by atoms with van der Waals surface area (Å²) in [5.41, 5.74) is -2.78. The number of aliphatic hydroxyl groups is 2. The van der Waals surface area contributed by atoms with Crippen molar-refractivity contribution >= 4 is 11.9 Å². The second kappa shape index (κ2) is 8.63. The van der Waals surface area contributed by atoms with Crippen molar-refractivity contribution in [2.24, 2.45) is 0 Å². The summed E-state index contributed by atoms with van der Waals surface area (Å²) in [6.45, 7) is 1.20. The Labute approximate surface area is 145 Å². The quantitative estimate of drug-likeness (QED) is 0.469. The van der Waals surface area contributed by atoms with Crippen LogP contribution < -0.4 is 91.2 Å². The first-order valence-corrected chi connectivity index (χ1v) is 3.19. The van der Waals surface area contributed by atoms with E-state index in [1.165, 1.54) is 6.92 Å². The molecule has 2 N–H and O–H groups in total. The molecule has 0 aliphatic carbocycles. The van der Waals surface area contributed by atoms with E-state index < -0.39 is 30.1 Å². The number of carboxylic acid groups (broad SMARTS) is 2. The van der Waals surface area contributed by atoms with Crippen molar-refractivity contribution in [1.29, 1.82) is 0 Å². The molecule has 0 amide bonds. The molecule has 0 fully saturated rings. The molecular weight excluding hydrogens is 230 g/mol. The predicted octanol–water partition coefficient (Wildman–Crippen LogP) is -10.0. The summed E-state index contributed by atoms with van der Waals surface area (Å²) in [5, 5.41) is 37.9. The van der Waals surface area contributed by atoms with Gasteiger partial charge in [0.2, 0.25) is 0 Å². The van der Waals surface area contributed by atoms with Crippen molar-refractivity contribution in [3.63, 3.8) is 0 Å². The van der Waals surface area contributed by atoms with Crippen LogP contribution in [0.3, 0.4) is 0 Å². The van der Waals surface area contributed by atoms with Crippen LogP contribution in [0.25, 0.3) is 0 Å². The number of carboxylic acids is 2. The summed E-state index contributed by atoms with van der Waals surface area (Å²) >= 11 is 0. The zero-order chi connectivity index (χ0) is 9.94. The minimum absolute atomic E-state index is 0. The molecule has 0 aliphatic rings. The van der Waals surface area contributed by atoms with Crippen molar-refractivity contribution < 1.29 is 111 Å². The van der Waals surface area contributed by atoms with Crippen LogP contribution in [0.4, 0.5) is 0 Å². The van der Waals surface area contributed by atoms with Gasteiger partial charge in [-0.15, -0.1) is 0 Å². The van der Waals surface area contributed by atoms with Crippen LogP contribution in [-0.4, -0.2) is 33.9 Å². The molecule has 6 nitrogen and oxygen atoms in total. The van der Waals surface area contributed by atoms with Crippen molar-refractivity contribution in [2.45, 2.75) is 25.0 Å². The molecule has 2 unspecified atom stereocenters. The SMILES string of the molecule is CCC(O)(C(=O)[O-])C(O)C(=O)[O-].[K+].[Na+]. The third kappa shape index (κ3) is 5.02. The zero-order valence-corrected chi connectivity index (χ0v) is 13.4. The predicted molar refractivity (Wildman–Crippen MR) is 31.3 cm³/mol. The number of carbonyl (C=O) groups excluding carboxylic acids is 2. The van der Waals surface area contributed by atoms with Crippen LogP contribution in [0.1, 0.15) is 13.3 Å². The Morgan fingerprint density at radius 3 is 1.86 bits per heavy atom. The van der Waals surface area contributed by atoms with Gasteiger partial charge in [0.25, 0.3) is 0 Å². The number of aliphatic hydroxyl groups excluding tert-OH is 1. The molecular formula is C6H8KNaO6. The van der Waals surface area contributed by atoms with E-state index in [0.29, 0.717) is 0 Å². The van der Waals surface area contributed by atoms with Gasteiger partial charge in [-0.25, -0.2) is 0 Å². The van der Waals surface area contributed by atoms with Gasteiger partial charge in [-0.1, -0.05) is 6.92 Å². The molecule has 0 aromatic heterocycles. The van der Waals surface area contributed by atoms with Gasteiger partial charge in [-0.3, -0.25) is 0 Å². The van der Waals surface area contributed by atoms with Crippen molar-refractivity contribution in [2.75, 3.05) is 0 Å². The summed E-state index contributed by atoms with van der Waals surface area (Å²) in [7, 11) is 0. The summed E-state index contributed by atoms with van der Waals surface area (Å²) in [5.74, 6) is -4.09. The maximum Gasteiger partial charge on any atom is 1.00 e. The van der Waals surface area contributed by atoms with Crippen molar-refractivity contribution in [3.05, 3.63) is 0 Å². The second-order valence-corrected chi connectivity index (χ2v) is 2.29. The minimum atomic E-state index is -2.78. The normalized spacial score (nSPS) is 15.4. The molecule has 0 rings (SSSR count). The molecule has 0 saturated heterocycles. The molecule has 0 saturated carbocycles. The van der Waals surface area contributed by atoms with Gasteiger partial charge in [0.05, 0.1) is 11.9 Å². The third-order valence-electron chi connectivity index (χ3n) is 1.57. The number of rotatable bonds is 4. The van der Waals surface area contributed by atoms with Crippen LogP contribution in [0.2, 0.25) is 0 Å². The Bertz CT molecular complexity index is 210. The Hall–Kier alpha value is 1.50. The van der Waals surface area contributed by atoms with E-state index in [9.17, 15) is 19.8 Å². The summed E-state index contributed by atoms with van der Waals surface area (Å²) in [6, 6.07) is 0. The molecule has 8 heteroatoms. The molecule has 14 heavy (non-hydrogen) atoms. The maximum atomic E-state index is 10.2. The summed E-state index contributed by atoms with van der Waals surface area (Å²) in [6.07, 6.45) is -2.96. The first-order chi connectivity index (χ1) is 5.36. The number of aliphatic carboxylic acids is 2. The van der Waals surface area contributed by atoms with Crippen LogP contribution in [-0.2, 0) is 9.59 Å². The van der Waals surface area contributed by atoms with Gasteiger partial charge in [0.15, 0.2) is 0 Å². The van der Waals surface area contributed by atoms with E-state index in [1.54, 1.807) is 0 Å². The standard InChI is InChI=1S/C6H10O6.K.Na/c1-2-6(12,5(10)11)3(7)4(8)9;;/h3,7,12H,2H2,1H3,(H,8,9)(H,10,11);;/q;2*+1/p-2. The van der Waals surface area contributed by atoms with Gasteiger partial charge in [0.1, 0.15) is 11.7 Å². The molecule has 0 aromatic rings. The van der Waals surface area contributed by atoms with E-state index in [2.05, 4.69) is 0 Å². The maximum absolute atomic E-state index is 10.2. The largest absolute Gasteiger partial charge is 1.00 e. The van der Waals surface area contributed by atoms with E-state index >= 15 is 0 Å². The van der Waals surface area contributed by atoms with Crippen molar-refractivity contribution in [1.82, 2.24) is 0 Å². The third-order valence-corrected chi connectivity index (χ3v) is 1.57. The molecule has 2 atom stereocenters. The van der Waals surface area contributed by atoms with Crippen LogP contribution in [0.5, 0.6) is 0 Å². The fourth-order valence-corrected chi connectivity index (χ4v) is 0.644. The Kier molecular flexibility index (Phi) is 12.8. The minimum Gasteiger partial charge on any atom is -0.547 e. The van der Waals surface area contributed by atoms with Gasteiger partial charge >= 0.3 is 80.9 Å². The van der Waals surface area contributed by atoms with Gasteiger partial charge in [-0.05, 0) is 6.42 Å². The fourth-order valence-electron chi connectivity index (χ4n) is 0.644. The van der Waals surface area contributed by atoms with E-state index in [4.69, 9.17) is 10.2 Å². The molecule has 0 aliphatic heterocycles. The molecule has 0 spiro atoms. The van der Waals surface area contributed by atoms with Gasteiger partial charge in [0, 0.05) is 0 Å². The van der Waals surface area contributed by atoms with E-state index in [1.807, 2.05) is 0 Å². The van der Waals surface area contributed by atoms with Gasteiger partial charge < -0.3 is 30.0 Å². The average Bonchev–Trinajstić information content (AvgIpc) is 2.01. The average molecular weight is 238 g/mol. The number of carbonyl (C=O) groups is 2. The molecule has 0 heterocycles. The van der Waals surface area contributed by atoms with Crippen LogP contribution in [0, 0.1) is 0 Å². The monoisotopic (exact) mass is 238 g/mol. The smallest absolute Gasteiger partial charge is 0.547 e. The molecule has 0 radical (unpaired) electrons.